The van der Waals surface area contributed by atoms with Crippen LogP contribution in [0, 0.1) is 10.1 Å². The van der Waals surface area contributed by atoms with Crippen molar-refractivity contribution >= 4 is 23.1 Å². The summed E-state index contributed by atoms with van der Waals surface area (Å²) in [5.74, 6) is 0.00983. The van der Waals surface area contributed by atoms with Gasteiger partial charge in [0.1, 0.15) is 5.69 Å². The number of unbranched alkanes of at least 4 members (excludes halogenated alkanes) is 2. The van der Waals surface area contributed by atoms with E-state index in [4.69, 9.17) is 0 Å². The highest BCUT2D eigenvalue weighted by Gasteiger charge is 2.17. The Balaban J connectivity index is 2.39. The van der Waals surface area contributed by atoms with Crippen molar-refractivity contribution in [2.24, 2.45) is 0 Å². The first-order valence-electron chi connectivity index (χ1n) is 10.4. The molecule has 8 heteroatoms. The Labute approximate surface area is 173 Å². The first kappa shape index (κ1) is 24.6. The van der Waals surface area contributed by atoms with Crippen LogP contribution in [0.4, 0.5) is 11.4 Å². The molecule has 0 unspecified atom stereocenters. The molecule has 0 aliphatic rings. The maximum absolute atomic E-state index is 12.0. The number of hydrogen-bond acceptors (Lipinski definition) is 6. The molecule has 0 spiro atoms. The van der Waals surface area contributed by atoms with Crippen LogP contribution in [0.25, 0.3) is 0 Å². The summed E-state index contributed by atoms with van der Waals surface area (Å²) >= 11 is 0. The number of likely N-dealkylation sites (N-methyl/N-ethyl adjacent to an activating group) is 1. The number of nitro benzene ring substituents is 1. The van der Waals surface area contributed by atoms with E-state index in [9.17, 15) is 19.7 Å². The van der Waals surface area contributed by atoms with Crippen molar-refractivity contribution in [3.63, 3.8) is 0 Å². The van der Waals surface area contributed by atoms with Gasteiger partial charge in [-0.3, -0.25) is 19.7 Å². The number of amides is 1. The van der Waals surface area contributed by atoms with Gasteiger partial charge in [0.2, 0.25) is 5.91 Å². The molecule has 0 aromatic heterocycles. The molecular weight excluding hydrogens is 372 g/mol. The molecule has 1 rings (SSSR count). The summed E-state index contributed by atoms with van der Waals surface area (Å²) < 4.78 is 0. The molecule has 162 valence electrons. The lowest BCUT2D eigenvalue weighted by atomic mass is 10.1. The molecule has 2 N–H and O–H groups in total. The van der Waals surface area contributed by atoms with E-state index < -0.39 is 4.92 Å². The minimum absolute atomic E-state index is 0.0723. The van der Waals surface area contributed by atoms with E-state index in [1.54, 1.807) is 24.1 Å². The summed E-state index contributed by atoms with van der Waals surface area (Å²) in [4.78, 5) is 36.5. The molecule has 0 radical (unpaired) electrons. The number of nitrogens with one attached hydrogen (secondary N) is 2. The van der Waals surface area contributed by atoms with Crippen LogP contribution in [0.1, 0.15) is 62.7 Å². The van der Waals surface area contributed by atoms with Gasteiger partial charge in [-0.05, 0) is 50.8 Å². The lowest BCUT2D eigenvalue weighted by Gasteiger charge is -2.17. The summed E-state index contributed by atoms with van der Waals surface area (Å²) in [6, 6.07) is 4.60. The predicted molar refractivity (Wildman–Crippen MR) is 115 cm³/mol. The van der Waals surface area contributed by atoms with Gasteiger partial charge in [-0.1, -0.05) is 13.8 Å². The largest absolute Gasteiger partial charge is 0.379 e. The monoisotopic (exact) mass is 406 g/mol. The lowest BCUT2D eigenvalue weighted by molar-refractivity contribution is -0.384. The number of anilines is 1. The number of ketones is 1. The normalized spacial score (nSPS) is 10.6. The van der Waals surface area contributed by atoms with E-state index >= 15 is 0 Å². The highest BCUT2D eigenvalue weighted by Crippen LogP contribution is 2.26. The molecule has 1 aromatic carbocycles. The predicted octanol–water partition coefficient (Wildman–Crippen LogP) is 3.62. The number of hydrogen-bond donors (Lipinski definition) is 2. The smallest absolute Gasteiger partial charge is 0.293 e. The van der Waals surface area contributed by atoms with Crippen LogP contribution in [0.3, 0.4) is 0 Å². The van der Waals surface area contributed by atoms with Crippen molar-refractivity contribution in [2.45, 2.75) is 52.4 Å². The zero-order valence-electron chi connectivity index (χ0n) is 17.8. The zero-order valence-corrected chi connectivity index (χ0v) is 17.8. The van der Waals surface area contributed by atoms with Crippen molar-refractivity contribution in [1.29, 1.82) is 0 Å². The Morgan fingerprint density at radius 2 is 1.86 bits per heavy atom. The molecule has 8 nitrogen and oxygen atoms in total. The fourth-order valence-electron chi connectivity index (χ4n) is 2.88. The Morgan fingerprint density at radius 3 is 2.52 bits per heavy atom. The Morgan fingerprint density at radius 1 is 1.10 bits per heavy atom. The highest BCUT2D eigenvalue weighted by molar-refractivity contribution is 5.97. The fraction of sp³-hybridized carbons (Fsp3) is 0.619. The van der Waals surface area contributed by atoms with Gasteiger partial charge in [0.15, 0.2) is 5.78 Å². The number of benzene rings is 1. The summed E-state index contributed by atoms with van der Waals surface area (Å²) in [5.41, 5.74) is 0.736. The van der Waals surface area contributed by atoms with Crippen LogP contribution >= 0.6 is 0 Å². The number of nitro groups is 1. The average molecular weight is 407 g/mol. The maximum atomic E-state index is 12.0. The maximum Gasteiger partial charge on any atom is 0.293 e. The van der Waals surface area contributed by atoms with Crippen LogP contribution in [0.2, 0.25) is 0 Å². The number of carbonyl (C=O) groups is 2. The van der Waals surface area contributed by atoms with Gasteiger partial charge in [0, 0.05) is 38.2 Å². The van der Waals surface area contributed by atoms with Crippen molar-refractivity contribution in [1.82, 2.24) is 10.2 Å². The summed E-state index contributed by atoms with van der Waals surface area (Å²) in [7, 11) is 1.80. The van der Waals surface area contributed by atoms with Gasteiger partial charge in [-0.25, -0.2) is 0 Å². The topological polar surface area (TPSA) is 105 Å². The molecule has 1 aromatic rings. The molecule has 0 bridgehead atoms. The fourth-order valence-corrected chi connectivity index (χ4v) is 2.88. The lowest BCUT2D eigenvalue weighted by Crippen LogP contribution is -2.36. The SMILES string of the molecule is CCCNCC(=O)N(C)CCCCCNc1ccc(C(=O)CCC)cc1[N+](=O)[O-]. The van der Waals surface area contributed by atoms with E-state index in [0.29, 0.717) is 43.7 Å². The summed E-state index contributed by atoms with van der Waals surface area (Å²) in [5, 5.41) is 17.5. The van der Waals surface area contributed by atoms with E-state index in [0.717, 1.165) is 32.2 Å². The second-order valence-corrected chi connectivity index (χ2v) is 7.14. The molecule has 29 heavy (non-hydrogen) atoms. The summed E-state index contributed by atoms with van der Waals surface area (Å²) in [6.45, 7) is 6.46. The van der Waals surface area contributed by atoms with Crippen LogP contribution in [-0.4, -0.2) is 54.7 Å². The van der Waals surface area contributed by atoms with Crippen molar-refractivity contribution in [3.05, 3.63) is 33.9 Å². The quantitative estimate of drug-likeness (QED) is 0.199. The summed E-state index contributed by atoms with van der Waals surface area (Å²) in [6.07, 6.45) is 4.72. The second kappa shape index (κ2) is 13.7. The molecule has 0 saturated heterocycles. The van der Waals surface area contributed by atoms with Crippen LogP contribution in [0.5, 0.6) is 0 Å². The van der Waals surface area contributed by atoms with E-state index in [1.165, 1.54) is 6.07 Å². The highest BCUT2D eigenvalue weighted by atomic mass is 16.6. The van der Waals surface area contributed by atoms with Gasteiger partial charge >= 0.3 is 0 Å². The number of Topliss-reactive ketones (excluding diaryl/α,β-unsaturated/α-hetero) is 1. The molecule has 0 aliphatic carbocycles. The average Bonchev–Trinajstić information content (AvgIpc) is 2.70. The van der Waals surface area contributed by atoms with Gasteiger partial charge in [0.05, 0.1) is 11.5 Å². The molecule has 1 amide bonds. The second-order valence-electron chi connectivity index (χ2n) is 7.14. The van der Waals surface area contributed by atoms with Gasteiger partial charge in [-0.15, -0.1) is 0 Å². The van der Waals surface area contributed by atoms with E-state index in [1.807, 2.05) is 6.92 Å². The standard InChI is InChI=1S/C21H34N4O4/c1-4-9-20(26)17-10-11-18(19(15-17)25(28)29)23-13-7-6-8-14-24(3)21(27)16-22-12-5-2/h10-11,15,22-23H,4-9,12-14,16H2,1-3H3. The third-order valence-electron chi connectivity index (χ3n) is 4.61. The van der Waals surface area contributed by atoms with Gasteiger partial charge in [0.25, 0.3) is 5.69 Å². The minimum atomic E-state index is -0.460. The van der Waals surface area contributed by atoms with Crippen LogP contribution in [-0.2, 0) is 4.79 Å². The number of carbonyl (C=O) groups excluding carboxylic acids is 2. The molecule has 0 atom stereocenters. The Kier molecular flexibility index (Phi) is 11.6. The number of rotatable bonds is 15. The third-order valence-corrected chi connectivity index (χ3v) is 4.61. The van der Waals surface area contributed by atoms with E-state index in [2.05, 4.69) is 17.6 Å². The minimum Gasteiger partial charge on any atom is -0.379 e. The third kappa shape index (κ3) is 9.04. The first-order valence-corrected chi connectivity index (χ1v) is 10.4. The Bertz CT molecular complexity index is 679. The van der Waals surface area contributed by atoms with Gasteiger partial charge in [-0.2, -0.15) is 0 Å². The first-order chi connectivity index (χ1) is 13.9. The molecule has 0 heterocycles. The molecule has 0 saturated carbocycles. The molecular formula is C21H34N4O4. The van der Waals surface area contributed by atoms with Crippen molar-refractivity contribution < 1.29 is 14.5 Å². The van der Waals surface area contributed by atoms with Crippen molar-refractivity contribution in [3.8, 4) is 0 Å². The van der Waals surface area contributed by atoms with Gasteiger partial charge < -0.3 is 15.5 Å². The molecule has 0 aliphatic heterocycles. The van der Waals surface area contributed by atoms with E-state index in [-0.39, 0.29) is 17.4 Å². The molecule has 0 fully saturated rings. The van der Waals surface area contributed by atoms with Crippen LogP contribution in [0.15, 0.2) is 18.2 Å². The zero-order chi connectivity index (χ0) is 21.6. The number of nitrogens with zero attached hydrogens (tertiary/aromatic N) is 2. The Hall–Kier alpha value is -2.48. The van der Waals surface area contributed by atoms with Crippen molar-refractivity contribution in [2.75, 3.05) is 38.5 Å². The van der Waals surface area contributed by atoms with Crippen LogP contribution < -0.4 is 10.6 Å².